The molecule has 0 bridgehead atoms. The molecule has 4 rings (SSSR count). The van der Waals surface area contributed by atoms with Crippen LogP contribution in [0.15, 0.2) is 29.1 Å². The van der Waals surface area contributed by atoms with Crippen molar-refractivity contribution in [2.75, 3.05) is 32.8 Å². The number of morpholine rings is 1. The number of ether oxygens (including phenoxy) is 1. The topological polar surface area (TPSA) is 81.4 Å². The second-order valence-corrected chi connectivity index (χ2v) is 7.84. The SMILES string of the molecule is O=C(Cn1nc2n(c1=O)CCCCC2)NCC(c1cccc(F)c1)N1CCOCC1. The lowest BCUT2D eigenvalue weighted by Crippen LogP contribution is -2.44. The summed E-state index contributed by atoms with van der Waals surface area (Å²) in [5.41, 5.74) is 0.583. The van der Waals surface area contributed by atoms with E-state index in [-0.39, 0.29) is 30.0 Å². The molecule has 162 valence electrons. The molecule has 2 aliphatic heterocycles. The molecule has 0 spiro atoms. The van der Waals surface area contributed by atoms with Gasteiger partial charge in [0.05, 0.1) is 19.3 Å². The van der Waals surface area contributed by atoms with Crippen molar-refractivity contribution in [1.82, 2.24) is 24.6 Å². The Labute approximate surface area is 174 Å². The molecule has 0 saturated carbocycles. The smallest absolute Gasteiger partial charge is 0.346 e. The lowest BCUT2D eigenvalue weighted by atomic mass is 10.0. The minimum absolute atomic E-state index is 0.113. The molecule has 9 heteroatoms. The number of aromatic nitrogens is 3. The van der Waals surface area contributed by atoms with Crippen molar-refractivity contribution >= 4 is 5.91 Å². The number of rotatable bonds is 6. The molecule has 1 fully saturated rings. The van der Waals surface area contributed by atoms with E-state index in [1.165, 1.54) is 16.8 Å². The molecule has 3 heterocycles. The van der Waals surface area contributed by atoms with Gasteiger partial charge in [-0.25, -0.2) is 13.9 Å². The number of amides is 1. The molecule has 0 radical (unpaired) electrons. The predicted octanol–water partition coefficient (Wildman–Crippen LogP) is 1.10. The normalized spacial score (nSPS) is 18.4. The highest BCUT2D eigenvalue weighted by atomic mass is 19.1. The van der Waals surface area contributed by atoms with Crippen LogP contribution in [0.25, 0.3) is 0 Å². The summed E-state index contributed by atoms with van der Waals surface area (Å²) in [7, 11) is 0. The summed E-state index contributed by atoms with van der Waals surface area (Å²) in [5, 5.41) is 7.28. The molecule has 1 unspecified atom stereocenters. The van der Waals surface area contributed by atoms with E-state index < -0.39 is 0 Å². The number of hydrogen-bond acceptors (Lipinski definition) is 5. The Hall–Kier alpha value is -2.52. The van der Waals surface area contributed by atoms with Crippen LogP contribution >= 0.6 is 0 Å². The van der Waals surface area contributed by atoms with Crippen LogP contribution in [0.5, 0.6) is 0 Å². The Morgan fingerprint density at radius 2 is 2.03 bits per heavy atom. The molecule has 1 aromatic heterocycles. The Morgan fingerprint density at radius 1 is 1.20 bits per heavy atom. The van der Waals surface area contributed by atoms with Gasteiger partial charge in [0, 0.05) is 32.6 Å². The zero-order valence-electron chi connectivity index (χ0n) is 17.1. The zero-order valence-corrected chi connectivity index (χ0v) is 17.1. The first kappa shape index (κ1) is 20.7. The van der Waals surface area contributed by atoms with Crippen molar-refractivity contribution in [3.05, 3.63) is 52.0 Å². The van der Waals surface area contributed by atoms with Gasteiger partial charge >= 0.3 is 5.69 Å². The fourth-order valence-corrected chi connectivity index (χ4v) is 4.19. The second kappa shape index (κ2) is 9.53. The second-order valence-electron chi connectivity index (χ2n) is 7.84. The number of halogens is 1. The third-order valence-electron chi connectivity index (χ3n) is 5.79. The van der Waals surface area contributed by atoms with Gasteiger partial charge < -0.3 is 10.1 Å². The summed E-state index contributed by atoms with van der Waals surface area (Å²) in [6, 6.07) is 6.30. The van der Waals surface area contributed by atoms with E-state index in [2.05, 4.69) is 15.3 Å². The number of nitrogens with one attached hydrogen (secondary N) is 1. The minimum atomic E-state index is -0.303. The summed E-state index contributed by atoms with van der Waals surface area (Å²) in [4.78, 5) is 27.3. The fourth-order valence-electron chi connectivity index (χ4n) is 4.19. The Morgan fingerprint density at radius 3 is 2.83 bits per heavy atom. The Kier molecular flexibility index (Phi) is 6.59. The van der Waals surface area contributed by atoms with Crippen LogP contribution in [0.3, 0.4) is 0 Å². The molecular formula is C21H28FN5O3. The zero-order chi connectivity index (χ0) is 20.9. The van der Waals surface area contributed by atoms with E-state index in [0.29, 0.717) is 39.4 Å². The van der Waals surface area contributed by atoms with Gasteiger partial charge in [-0.05, 0) is 30.5 Å². The van der Waals surface area contributed by atoms with Crippen LogP contribution in [-0.2, 0) is 29.0 Å². The lowest BCUT2D eigenvalue weighted by molar-refractivity contribution is -0.122. The number of hydrogen-bond donors (Lipinski definition) is 1. The van der Waals surface area contributed by atoms with Crippen LogP contribution < -0.4 is 11.0 Å². The van der Waals surface area contributed by atoms with E-state index in [9.17, 15) is 14.0 Å². The van der Waals surface area contributed by atoms with E-state index in [4.69, 9.17) is 4.74 Å². The molecule has 0 aliphatic carbocycles. The van der Waals surface area contributed by atoms with Gasteiger partial charge in [-0.3, -0.25) is 14.3 Å². The highest BCUT2D eigenvalue weighted by Gasteiger charge is 2.24. The number of carbonyl (C=O) groups is 1. The summed E-state index contributed by atoms with van der Waals surface area (Å²) >= 11 is 0. The maximum absolute atomic E-state index is 13.8. The summed E-state index contributed by atoms with van der Waals surface area (Å²) < 4.78 is 22.1. The maximum atomic E-state index is 13.8. The van der Waals surface area contributed by atoms with Crippen molar-refractivity contribution in [1.29, 1.82) is 0 Å². The first-order valence-corrected chi connectivity index (χ1v) is 10.6. The summed E-state index contributed by atoms with van der Waals surface area (Å²) in [6.45, 7) is 3.51. The quantitative estimate of drug-likeness (QED) is 0.761. The molecule has 1 saturated heterocycles. The number of benzene rings is 1. The number of fused-ring (bicyclic) bond motifs is 1. The minimum Gasteiger partial charge on any atom is -0.379 e. The molecule has 8 nitrogen and oxygen atoms in total. The number of carbonyl (C=O) groups excluding carboxylic acids is 1. The number of nitrogens with zero attached hydrogens (tertiary/aromatic N) is 4. The summed E-state index contributed by atoms with van der Waals surface area (Å²) in [6.07, 6.45) is 3.83. The van der Waals surface area contributed by atoms with Crippen molar-refractivity contribution in [2.24, 2.45) is 0 Å². The highest BCUT2D eigenvalue weighted by molar-refractivity contribution is 5.75. The van der Waals surface area contributed by atoms with Crippen molar-refractivity contribution < 1.29 is 13.9 Å². The molecule has 2 aromatic rings. The molecule has 1 amide bonds. The number of aryl methyl sites for hydroxylation is 1. The van der Waals surface area contributed by atoms with Crippen molar-refractivity contribution in [2.45, 2.75) is 44.8 Å². The average molecular weight is 417 g/mol. The molecule has 1 atom stereocenters. The van der Waals surface area contributed by atoms with Gasteiger partial charge in [-0.1, -0.05) is 18.6 Å². The lowest BCUT2D eigenvalue weighted by Gasteiger charge is -2.35. The van der Waals surface area contributed by atoms with Gasteiger partial charge in [0.15, 0.2) is 0 Å². The van der Waals surface area contributed by atoms with Gasteiger partial charge in [0.25, 0.3) is 0 Å². The maximum Gasteiger partial charge on any atom is 0.346 e. The van der Waals surface area contributed by atoms with Crippen LogP contribution in [-0.4, -0.2) is 58.0 Å². The van der Waals surface area contributed by atoms with Crippen LogP contribution in [0, 0.1) is 5.82 Å². The van der Waals surface area contributed by atoms with E-state index in [0.717, 1.165) is 37.1 Å². The Balaban J connectivity index is 1.43. The van der Waals surface area contributed by atoms with Gasteiger partial charge in [0.1, 0.15) is 18.2 Å². The largest absolute Gasteiger partial charge is 0.379 e. The highest BCUT2D eigenvalue weighted by Crippen LogP contribution is 2.22. The van der Waals surface area contributed by atoms with Crippen molar-refractivity contribution in [3.63, 3.8) is 0 Å². The molecule has 2 aliphatic rings. The fraction of sp³-hybridized carbons (Fsp3) is 0.571. The van der Waals surface area contributed by atoms with Crippen molar-refractivity contribution in [3.8, 4) is 0 Å². The van der Waals surface area contributed by atoms with Crippen LogP contribution in [0.1, 0.15) is 36.7 Å². The Bertz CT molecular complexity index is 935. The third-order valence-corrected chi connectivity index (χ3v) is 5.79. The molecule has 1 N–H and O–H groups in total. The molecule has 1 aromatic carbocycles. The first-order valence-electron chi connectivity index (χ1n) is 10.6. The van der Waals surface area contributed by atoms with E-state index >= 15 is 0 Å². The van der Waals surface area contributed by atoms with E-state index in [1.807, 2.05) is 6.07 Å². The monoisotopic (exact) mass is 417 g/mol. The van der Waals surface area contributed by atoms with Gasteiger partial charge in [-0.2, -0.15) is 5.10 Å². The standard InChI is InChI=1S/C21H28FN5O3/c22-17-6-4-5-16(13-17)18(25-9-11-30-12-10-25)14-23-20(28)15-27-21(29)26-8-3-1-2-7-19(26)24-27/h4-6,13,18H,1-3,7-12,14-15H2,(H,23,28). The van der Waals surface area contributed by atoms with Crippen LogP contribution in [0.4, 0.5) is 4.39 Å². The summed E-state index contributed by atoms with van der Waals surface area (Å²) in [5.74, 6) is 0.180. The molecular weight excluding hydrogens is 389 g/mol. The average Bonchev–Trinajstić information content (AvgIpc) is 2.91. The van der Waals surface area contributed by atoms with Crippen LogP contribution in [0.2, 0.25) is 0 Å². The predicted molar refractivity (Wildman–Crippen MR) is 109 cm³/mol. The third kappa shape index (κ3) is 4.79. The first-order chi connectivity index (χ1) is 14.6. The van der Waals surface area contributed by atoms with Gasteiger partial charge in [-0.15, -0.1) is 0 Å². The molecule has 30 heavy (non-hydrogen) atoms. The van der Waals surface area contributed by atoms with E-state index in [1.54, 1.807) is 10.6 Å². The van der Waals surface area contributed by atoms with Gasteiger partial charge in [0.2, 0.25) is 5.91 Å².